The summed E-state index contributed by atoms with van der Waals surface area (Å²) >= 11 is 6.02. The van der Waals surface area contributed by atoms with Gasteiger partial charge in [-0.2, -0.15) is 0 Å². The normalized spacial score (nSPS) is 22.3. The fourth-order valence-corrected chi connectivity index (χ4v) is 5.08. The molecular formula is C27H20ClNO6. The maximum atomic E-state index is 13.6. The Morgan fingerprint density at radius 1 is 0.914 bits per heavy atom. The summed E-state index contributed by atoms with van der Waals surface area (Å²) in [7, 11) is 0. The van der Waals surface area contributed by atoms with Crippen molar-refractivity contribution in [3.63, 3.8) is 0 Å². The number of nitrogens with one attached hydrogen (secondary N) is 1. The van der Waals surface area contributed by atoms with Crippen LogP contribution >= 0.6 is 11.6 Å². The second-order valence-electron chi connectivity index (χ2n) is 8.73. The summed E-state index contributed by atoms with van der Waals surface area (Å²) < 4.78 is 6.12. The number of rotatable bonds is 4. The number of carbonyl (C=O) groups is 4. The number of Topliss-reactive ketones (excluding diaryl/α,β-unsaturated/α-hetero) is 2. The summed E-state index contributed by atoms with van der Waals surface area (Å²) in [5, 5.41) is 13.5. The Morgan fingerprint density at radius 3 is 2.03 bits per heavy atom. The molecule has 5 rings (SSSR count). The molecule has 1 saturated heterocycles. The first-order valence-electron chi connectivity index (χ1n) is 11.0. The van der Waals surface area contributed by atoms with E-state index in [0.29, 0.717) is 16.3 Å². The van der Waals surface area contributed by atoms with Crippen LogP contribution in [0.25, 0.3) is 0 Å². The monoisotopic (exact) mass is 489 g/mol. The number of benzene rings is 3. The molecule has 7 nitrogen and oxygen atoms in total. The van der Waals surface area contributed by atoms with Gasteiger partial charge in [-0.3, -0.25) is 19.2 Å². The van der Waals surface area contributed by atoms with E-state index in [4.69, 9.17) is 16.3 Å². The van der Waals surface area contributed by atoms with Gasteiger partial charge in [-0.05, 0) is 36.8 Å². The van der Waals surface area contributed by atoms with E-state index in [1.54, 1.807) is 60.7 Å². The third kappa shape index (κ3) is 3.55. The third-order valence-corrected chi connectivity index (χ3v) is 6.87. The van der Waals surface area contributed by atoms with E-state index in [9.17, 15) is 24.3 Å². The van der Waals surface area contributed by atoms with Crippen LogP contribution in [0.5, 0.6) is 0 Å². The summed E-state index contributed by atoms with van der Waals surface area (Å²) in [5.41, 5.74) is -0.328. The number of amides is 1. The summed E-state index contributed by atoms with van der Waals surface area (Å²) in [5.74, 6) is -6.78. The van der Waals surface area contributed by atoms with E-state index in [1.807, 2.05) is 6.92 Å². The topological polar surface area (TPSA) is 110 Å². The van der Waals surface area contributed by atoms with Crippen molar-refractivity contribution in [1.29, 1.82) is 0 Å². The van der Waals surface area contributed by atoms with Crippen molar-refractivity contribution in [2.24, 2.45) is 11.8 Å². The lowest BCUT2D eigenvalue weighted by molar-refractivity contribution is -0.147. The lowest BCUT2D eigenvalue weighted by Gasteiger charge is -2.25. The van der Waals surface area contributed by atoms with Crippen molar-refractivity contribution >= 4 is 40.7 Å². The maximum Gasteiger partial charge on any atom is 0.311 e. The Balaban J connectivity index is 1.64. The standard InChI is InChI=1S/C27H20ClNO6/c1-14-6-12-17(13-7-14)29-25(32)20-21(26(33)34)27(35-22(20)15-8-10-16(28)11-9-15)23(30)18-4-2-3-5-19(18)24(27)31/h2-13,20-22H,1H3,(H,29,32)(H,33,34). The van der Waals surface area contributed by atoms with Crippen molar-refractivity contribution in [2.45, 2.75) is 18.6 Å². The highest BCUT2D eigenvalue weighted by atomic mass is 35.5. The van der Waals surface area contributed by atoms with Gasteiger partial charge in [0.05, 0.1) is 12.0 Å². The van der Waals surface area contributed by atoms with Gasteiger partial charge in [0.15, 0.2) is 0 Å². The van der Waals surface area contributed by atoms with E-state index in [2.05, 4.69) is 5.32 Å². The fraction of sp³-hybridized carbons (Fsp3) is 0.185. The summed E-state index contributed by atoms with van der Waals surface area (Å²) in [6.07, 6.45) is -1.18. The van der Waals surface area contributed by atoms with Gasteiger partial charge in [-0.1, -0.05) is 65.7 Å². The number of ether oxygens (including phenoxy) is 1. The quantitative estimate of drug-likeness (QED) is 0.522. The molecule has 0 saturated carbocycles. The van der Waals surface area contributed by atoms with Crippen LogP contribution in [-0.4, -0.2) is 34.2 Å². The van der Waals surface area contributed by atoms with E-state index < -0.39 is 47.0 Å². The highest BCUT2D eigenvalue weighted by molar-refractivity contribution is 6.34. The molecule has 3 atom stereocenters. The van der Waals surface area contributed by atoms with Gasteiger partial charge in [-0.15, -0.1) is 0 Å². The molecule has 2 aliphatic rings. The van der Waals surface area contributed by atoms with Crippen LogP contribution in [0.15, 0.2) is 72.8 Å². The van der Waals surface area contributed by atoms with E-state index >= 15 is 0 Å². The maximum absolute atomic E-state index is 13.6. The Kier molecular flexibility index (Phi) is 5.54. The molecule has 2 N–H and O–H groups in total. The highest BCUT2D eigenvalue weighted by Crippen LogP contribution is 2.54. The van der Waals surface area contributed by atoms with Gasteiger partial charge in [0, 0.05) is 21.8 Å². The smallest absolute Gasteiger partial charge is 0.311 e. The van der Waals surface area contributed by atoms with E-state index in [0.717, 1.165) is 5.56 Å². The van der Waals surface area contributed by atoms with Crippen LogP contribution in [0, 0.1) is 18.8 Å². The second kappa shape index (κ2) is 8.45. The molecule has 1 aliphatic heterocycles. The summed E-state index contributed by atoms with van der Waals surface area (Å²) in [4.78, 5) is 53.4. The van der Waals surface area contributed by atoms with Crippen molar-refractivity contribution < 1.29 is 29.0 Å². The molecule has 1 amide bonds. The number of halogens is 1. The van der Waals surface area contributed by atoms with Crippen LogP contribution in [0.3, 0.4) is 0 Å². The molecule has 3 unspecified atom stereocenters. The predicted octanol–water partition coefficient (Wildman–Crippen LogP) is 4.49. The van der Waals surface area contributed by atoms with E-state index in [-0.39, 0.29) is 11.1 Å². The van der Waals surface area contributed by atoms with Gasteiger partial charge in [0.1, 0.15) is 5.92 Å². The van der Waals surface area contributed by atoms with Gasteiger partial charge < -0.3 is 15.2 Å². The number of aliphatic carboxylic acids is 1. The summed E-state index contributed by atoms with van der Waals surface area (Å²) in [6, 6.07) is 19.4. The molecule has 1 fully saturated rings. The number of ketones is 2. The number of hydrogen-bond donors (Lipinski definition) is 2. The zero-order valence-corrected chi connectivity index (χ0v) is 19.3. The Hall–Kier alpha value is -3.81. The number of aryl methyl sites for hydroxylation is 1. The molecule has 35 heavy (non-hydrogen) atoms. The Bertz CT molecular complexity index is 1330. The van der Waals surface area contributed by atoms with Crippen molar-refractivity contribution in [3.8, 4) is 0 Å². The largest absolute Gasteiger partial charge is 0.481 e. The molecule has 176 valence electrons. The Morgan fingerprint density at radius 2 is 1.49 bits per heavy atom. The number of anilines is 1. The van der Waals surface area contributed by atoms with Gasteiger partial charge in [-0.25, -0.2) is 0 Å². The molecule has 0 bridgehead atoms. The molecule has 3 aromatic rings. The second-order valence-corrected chi connectivity index (χ2v) is 9.16. The number of carbonyl (C=O) groups excluding carboxylic acids is 3. The average Bonchev–Trinajstić information content (AvgIpc) is 3.31. The van der Waals surface area contributed by atoms with Crippen LogP contribution in [0.1, 0.15) is 37.9 Å². The van der Waals surface area contributed by atoms with Crippen LogP contribution < -0.4 is 5.32 Å². The zero-order chi connectivity index (χ0) is 24.9. The first kappa shape index (κ1) is 23.0. The average molecular weight is 490 g/mol. The van der Waals surface area contributed by atoms with Crippen LogP contribution in [0.2, 0.25) is 5.02 Å². The minimum absolute atomic E-state index is 0.0817. The van der Waals surface area contributed by atoms with Crippen molar-refractivity contribution in [2.75, 3.05) is 5.32 Å². The van der Waals surface area contributed by atoms with Crippen molar-refractivity contribution in [1.82, 2.24) is 0 Å². The Labute approximate surface area is 205 Å². The molecule has 3 aromatic carbocycles. The fourth-order valence-electron chi connectivity index (χ4n) is 4.95. The molecule has 1 spiro atoms. The van der Waals surface area contributed by atoms with Crippen molar-refractivity contribution in [3.05, 3.63) is 100 Å². The van der Waals surface area contributed by atoms with Crippen LogP contribution in [-0.2, 0) is 14.3 Å². The number of hydrogen-bond acceptors (Lipinski definition) is 5. The number of carboxylic acid groups (broad SMARTS) is 1. The molecule has 0 aromatic heterocycles. The molecular weight excluding hydrogens is 470 g/mol. The minimum atomic E-state index is -2.35. The molecule has 8 heteroatoms. The highest BCUT2D eigenvalue weighted by Gasteiger charge is 2.71. The van der Waals surface area contributed by atoms with Gasteiger partial charge >= 0.3 is 5.97 Å². The lowest BCUT2D eigenvalue weighted by atomic mass is 9.75. The zero-order valence-electron chi connectivity index (χ0n) is 18.5. The first-order valence-corrected chi connectivity index (χ1v) is 11.3. The molecule has 1 heterocycles. The molecule has 0 radical (unpaired) electrons. The van der Waals surface area contributed by atoms with Crippen LogP contribution in [0.4, 0.5) is 5.69 Å². The predicted molar refractivity (Wildman–Crippen MR) is 128 cm³/mol. The number of carboxylic acids is 1. The first-order chi connectivity index (χ1) is 16.7. The number of fused-ring (bicyclic) bond motifs is 1. The van der Waals surface area contributed by atoms with Gasteiger partial charge in [0.25, 0.3) is 0 Å². The SMILES string of the molecule is Cc1ccc(NC(=O)C2C(c3ccc(Cl)cc3)OC3(C(=O)c4ccccc4C3=O)C2C(=O)O)cc1. The lowest BCUT2D eigenvalue weighted by Crippen LogP contribution is -2.52. The van der Waals surface area contributed by atoms with E-state index in [1.165, 1.54) is 12.1 Å². The third-order valence-electron chi connectivity index (χ3n) is 6.61. The molecule has 1 aliphatic carbocycles. The minimum Gasteiger partial charge on any atom is -0.481 e. The summed E-state index contributed by atoms with van der Waals surface area (Å²) in [6.45, 7) is 1.90. The van der Waals surface area contributed by atoms with Gasteiger partial charge in [0.2, 0.25) is 23.1 Å².